The minimum Gasteiger partial charge on any atom is -0.305 e. The maximum Gasteiger partial charge on any atom is 0.248 e. The maximum atomic E-state index is 12.7. The summed E-state index contributed by atoms with van der Waals surface area (Å²) in [5, 5.41) is 6.68. The van der Waals surface area contributed by atoms with Crippen molar-refractivity contribution < 1.29 is 13.6 Å². The molecule has 0 bridgehead atoms. The van der Waals surface area contributed by atoms with E-state index in [4.69, 9.17) is 5.41 Å². The summed E-state index contributed by atoms with van der Waals surface area (Å²) in [6.45, 7) is 0. The van der Waals surface area contributed by atoms with E-state index in [0.717, 1.165) is 6.21 Å². The van der Waals surface area contributed by atoms with Gasteiger partial charge in [0, 0.05) is 19.3 Å². The van der Waals surface area contributed by atoms with E-state index in [2.05, 4.69) is 0 Å². The summed E-state index contributed by atoms with van der Waals surface area (Å²) in [6.07, 6.45) is 1.64. The first-order valence-electron chi connectivity index (χ1n) is 4.44. The van der Waals surface area contributed by atoms with Crippen LogP contribution in [0.25, 0.3) is 0 Å². The van der Waals surface area contributed by atoms with Gasteiger partial charge in [-0.1, -0.05) is 0 Å². The van der Waals surface area contributed by atoms with E-state index in [-0.39, 0.29) is 31.0 Å². The summed E-state index contributed by atoms with van der Waals surface area (Å²) < 4.78 is 25.3. The Bertz CT molecular complexity index is 206. The van der Waals surface area contributed by atoms with Gasteiger partial charge in [-0.15, -0.1) is 0 Å². The molecule has 1 rings (SSSR count). The lowest BCUT2D eigenvalue weighted by Crippen LogP contribution is -2.25. The van der Waals surface area contributed by atoms with Crippen molar-refractivity contribution in [3.05, 3.63) is 0 Å². The van der Waals surface area contributed by atoms with Crippen molar-refractivity contribution in [3.8, 4) is 0 Å². The highest BCUT2D eigenvalue weighted by atomic mass is 19.3. The van der Waals surface area contributed by atoms with Crippen LogP contribution in [-0.2, 0) is 4.79 Å². The minimum atomic E-state index is -2.52. The third-order valence-electron chi connectivity index (χ3n) is 2.49. The fourth-order valence-electron chi connectivity index (χ4n) is 1.65. The zero-order valence-electron chi connectivity index (χ0n) is 7.35. The Kier molecular flexibility index (Phi) is 3.12. The number of carbonyl (C=O) groups excluding carboxylic acids is 1. The number of alkyl halides is 2. The summed E-state index contributed by atoms with van der Waals surface area (Å²) in [5.41, 5.74) is 0. The van der Waals surface area contributed by atoms with Crippen molar-refractivity contribution in [2.24, 2.45) is 5.92 Å². The van der Waals surface area contributed by atoms with Gasteiger partial charge in [0.2, 0.25) is 5.92 Å². The Balaban J connectivity index is 2.33. The number of carbonyl (C=O) groups is 1. The first kappa shape index (κ1) is 10.3. The van der Waals surface area contributed by atoms with Crippen molar-refractivity contribution in [1.82, 2.24) is 0 Å². The lowest BCUT2D eigenvalue weighted by molar-refractivity contribution is -0.114. The van der Waals surface area contributed by atoms with Crippen LogP contribution in [0.4, 0.5) is 8.78 Å². The molecule has 4 heteroatoms. The summed E-state index contributed by atoms with van der Waals surface area (Å²) in [6, 6.07) is 0. The van der Waals surface area contributed by atoms with Crippen LogP contribution in [-0.4, -0.2) is 17.9 Å². The number of halogens is 2. The summed E-state index contributed by atoms with van der Waals surface area (Å²) in [4.78, 5) is 10.8. The Morgan fingerprint density at radius 3 is 2.46 bits per heavy atom. The molecule has 1 aliphatic rings. The molecule has 0 atom stereocenters. The van der Waals surface area contributed by atoms with Gasteiger partial charge < -0.3 is 5.41 Å². The van der Waals surface area contributed by atoms with Crippen LogP contribution in [0.1, 0.15) is 32.1 Å². The summed E-state index contributed by atoms with van der Waals surface area (Å²) >= 11 is 0. The molecular weight excluding hydrogens is 176 g/mol. The van der Waals surface area contributed by atoms with E-state index in [1.165, 1.54) is 0 Å². The number of Topliss-reactive ketones (excluding diaryl/α,β-unsaturated/α-hetero) is 1. The largest absolute Gasteiger partial charge is 0.305 e. The average Bonchev–Trinajstić information content (AvgIpc) is 2.08. The second-order valence-electron chi connectivity index (χ2n) is 3.61. The van der Waals surface area contributed by atoms with Gasteiger partial charge in [-0.3, -0.25) is 4.79 Å². The molecule has 0 saturated heterocycles. The van der Waals surface area contributed by atoms with Crippen LogP contribution in [0.5, 0.6) is 0 Å². The van der Waals surface area contributed by atoms with Gasteiger partial charge in [0.05, 0.1) is 6.21 Å². The number of hydrogen-bond acceptors (Lipinski definition) is 2. The zero-order valence-corrected chi connectivity index (χ0v) is 7.35. The molecule has 1 saturated carbocycles. The SMILES string of the molecule is N=CC(=O)CC1CCC(F)(F)CC1. The highest BCUT2D eigenvalue weighted by Crippen LogP contribution is 2.37. The zero-order chi connectivity index (χ0) is 9.90. The standard InChI is InChI=1S/C9H13F2NO/c10-9(11)3-1-7(2-4-9)5-8(13)6-12/h6-7,12H,1-5H2. The molecule has 0 unspecified atom stereocenters. The van der Waals surface area contributed by atoms with Gasteiger partial charge in [-0.25, -0.2) is 8.78 Å². The van der Waals surface area contributed by atoms with Crippen molar-refractivity contribution >= 4 is 12.0 Å². The number of nitrogens with one attached hydrogen (secondary N) is 1. The molecule has 0 aromatic rings. The van der Waals surface area contributed by atoms with E-state index in [0.29, 0.717) is 12.8 Å². The van der Waals surface area contributed by atoms with E-state index >= 15 is 0 Å². The molecule has 0 aromatic heterocycles. The number of hydrogen-bond donors (Lipinski definition) is 1. The molecule has 0 aromatic carbocycles. The van der Waals surface area contributed by atoms with Crippen LogP contribution in [0.15, 0.2) is 0 Å². The molecule has 74 valence electrons. The average molecular weight is 189 g/mol. The molecule has 0 heterocycles. The Hall–Kier alpha value is -0.800. The van der Waals surface area contributed by atoms with E-state index in [1.807, 2.05) is 0 Å². The van der Waals surface area contributed by atoms with Gasteiger partial charge in [0.1, 0.15) is 0 Å². The predicted octanol–water partition coefficient (Wildman–Crippen LogP) is 2.42. The Morgan fingerprint density at radius 1 is 1.46 bits per heavy atom. The van der Waals surface area contributed by atoms with Crippen molar-refractivity contribution in [3.63, 3.8) is 0 Å². The van der Waals surface area contributed by atoms with Gasteiger partial charge in [-0.05, 0) is 18.8 Å². The number of rotatable bonds is 3. The van der Waals surface area contributed by atoms with Crippen LogP contribution in [0.3, 0.4) is 0 Å². The van der Waals surface area contributed by atoms with Crippen molar-refractivity contribution in [1.29, 1.82) is 5.41 Å². The summed E-state index contributed by atoms with van der Waals surface area (Å²) in [5.74, 6) is -2.71. The van der Waals surface area contributed by atoms with Gasteiger partial charge >= 0.3 is 0 Å². The van der Waals surface area contributed by atoms with Crippen LogP contribution in [0.2, 0.25) is 0 Å². The second kappa shape index (κ2) is 3.94. The Labute approximate surface area is 75.8 Å². The lowest BCUT2D eigenvalue weighted by Gasteiger charge is -2.27. The molecule has 1 fully saturated rings. The van der Waals surface area contributed by atoms with Crippen LogP contribution >= 0.6 is 0 Å². The minimum absolute atomic E-state index is 0.0636. The van der Waals surface area contributed by atoms with Gasteiger partial charge in [0.15, 0.2) is 5.78 Å². The molecule has 1 aliphatic carbocycles. The maximum absolute atomic E-state index is 12.7. The molecule has 0 spiro atoms. The molecule has 1 N–H and O–H groups in total. The molecule has 13 heavy (non-hydrogen) atoms. The quantitative estimate of drug-likeness (QED) is 0.680. The van der Waals surface area contributed by atoms with Crippen LogP contribution < -0.4 is 0 Å². The number of ketones is 1. The molecule has 2 nitrogen and oxygen atoms in total. The second-order valence-corrected chi connectivity index (χ2v) is 3.61. The predicted molar refractivity (Wildman–Crippen MR) is 45.3 cm³/mol. The first-order valence-corrected chi connectivity index (χ1v) is 4.44. The van der Waals surface area contributed by atoms with E-state index in [1.54, 1.807) is 0 Å². The normalized spacial score (nSPS) is 22.6. The van der Waals surface area contributed by atoms with Crippen LogP contribution in [0, 0.1) is 11.3 Å². The Morgan fingerprint density at radius 2 is 2.00 bits per heavy atom. The summed E-state index contributed by atoms with van der Waals surface area (Å²) in [7, 11) is 0. The van der Waals surface area contributed by atoms with E-state index in [9.17, 15) is 13.6 Å². The third-order valence-corrected chi connectivity index (χ3v) is 2.49. The molecule has 0 amide bonds. The fourth-order valence-corrected chi connectivity index (χ4v) is 1.65. The van der Waals surface area contributed by atoms with Crippen molar-refractivity contribution in [2.75, 3.05) is 0 Å². The fraction of sp³-hybridized carbons (Fsp3) is 0.778. The monoisotopic (exact) mass is 189 g/mol. The molecule has 0 radical (unpaired) electrons. The molecular formula is C9H13F2NO. The highest BCUT2D eigenvalue weighted by molar-refractivity contribution is 6.26. The topological polar surface area (TPSA) is 40.9 Å². The van der Waals surface area contributed by atoms with Crippen molar-refractivity contribution in [2.45, 2.75) is 38.0 Å². The third kappa shape index (κ3) is 3.20. The first-order chi connectivity index (χ1) is 6.03. The molecule has 0 aliphatic heterocycles. The van der Waals surface area contributed by atoms with Gasteiger partial charge in [0.25, 0.3) is 0 Å². The highest BCUT2D eigenvalue weighted by Gasteiger charge is 2.35. The smallest absolute Gasteiger partial charge is 0.248 e. The van der Waals surface area contributed by atoms with Gasteiger partial charge in [-0.2, -0.15) is 0 Å². The lowest BCUT2D eigenvalue weighted by atomic mass is 9.84. The van der Waals surface area contributed by atoms with E-state index < -0.39 is 5.92 Å².